The molecule has 0 rings (SSSR count). The molecule has 0 aliphatic rings. The number of carbonyl (C=O) groups is 1. The number of hydrogen-bond donors (Lipinski definition) is 2. The number of hydrogen-bond acceptors (Lipinski definition) is 2. The molecule has 0 aromatic carbocycles. The highest BCUT2D eigenvalue weighted by molar-refractivity contribution is 5.78. The van der Waals surface area contributed by atoms with E-state index in [9.17, 15) is 4.79 Å². The van der Waals surface area contributed by atoms with Crippen molar-refractivity contribution in [1.29, 1.82) is 0 Å². The lowest BCUT2D eigenvalue weighted by atomic mass is 9.99. The van der Waals surface area contributed by atoms with Crippen LogP contribution in [-0.4, -0.2) is 24.0 Å². The van der Waals surface area contributed by atoms with Gasteiger partial charge in [-0.25, -0.2) is 0 Å². The van der Waals surface area contributed by atoms with Crippen LogP contribution >= 0.6 is 0 Å². The van der Waals surface area contributed by atoms with E-state index >= 15 is 0 Å². The summed E-state index contributed by atoms with van der Waals surface area (Å²) in [5.41, 5.74) is 0.0556. The van der Waals surface area contributed by atoms with E-state index < -0.39 is 0 Å². The first kappa shape index (κ1) is 15.4. The first-order valence-corrected chi connectivity index (χ1v) is 6.49. The fraction of sp³-hybridized carbons (Fsp3) is 0.923. The van der Waals surface area contributed by atoms with E-state index in [-0.39, 0.29) is 11.4 Å². The Bertz CT molecular complexity index is 198. The molecule has 0 radical (unpaired) electrons. The van der Waals surface area contributed by atoms with Crippen LogP contribution in [0.15, 0.2) is 0 Å². The lowest BCUT2D eigenvalue weighted by Crippen LogP contribution is -2.47. The molecule has 0 bridgehead atoms. The van der Waals surface area contributed by atoms with Gasteiger partial charge in [-0.15, -0.1) is 0 Å². The van der Waals surface area contributed by atoms with E-state index in [1.807, 2.05) is 0 Å². The third-order valence-electron chi connectivity index (χ3n) is 2.95. The Morgan fingerprint density at radius 1 is 1.19 bits per heavy atom. The third-order valence-corrected chi connectivity index (χ3v) is 2.95. The van der Waals surface area contributed by atoms with Gasteiger partial charge in [-0.1, -0.05) is 27.2 Å². The van der Waals surface area contributed by atoms with Crippen LogP contribution in [0, 0.1) is 0 Å². The van der Waals surface area contributed by atoms with Crippen LogP contribution in [0.3, 0.4) is 0 Å². The molecular weight excluding hydrogens is 200 g/mol. The van der Waals surface area contributed by atoms with Gasteiger partial charge >= 0.3 is 0 Å². The molecule has 0 aliphatic carbocycles. The second-order valence-electron chi connectivity index (χ2n) is 5.07. The zero-order chi connectivity index (χ0) is 12.6. The van der Waals surface area contributed by atoms with Gasteiger partial charge in [0.25, 0.3) is 0 Å². The maximum Gasteiger partial charge on any atom is 0.234 e. The first-order valence-electron chi connectivity index (χ1n) is 6.49. The minimum atomic E-state index is 0.0556. The normalized spacial score (nSPS) is 11.9. The van der Waals surface area contributed by atoms with Crippen LogP contribution in [0.4, 0.5) is 0 Å². The van der Waals surface area contributed by atoms with Crippen molar-refractivity contribution in [3.63, 3.8) is 0 Å². The minimum Gasteiger partial charge on any atom is -0.352 e. The highest BCUT2D eigenvalue weighted by Crippen LogP contribution is 2.09. The molecule has 0 fully saturated rings. The van der Waals surface area contributed by atoms with E-state index in [2.05, 4.69) is 45.3 Å². The monoisotopic (exact) mass is 228 g/mol. The summed E-state index contributed by atoms with van der Waals surface area (Å²) in [6.45, 7) is 11.1. The molecule has 3 nitrogen and oxygen atoms in total. The first-order chi connectivity index (χ1) is 7.45. The molecule has 0 aromatic rings. The number of carbonyl (C=O) groups excluding carboxylic acids is 1. The summed E-state index contributed by atoms with van der Waals surface area (Å²) in [5.74, 6) is 0.109. The van der Waals surface area contributed by atoms with Crippen molar-refractivity contribution < 1.29 is 4.79 Å². The molecular formula is C13H28N2O. The summed E-state index contributed by atoms with van der Waals surface area (Å²) in [6, 6.07) is 0.323. The summed E-state index contributed by atoms with van der Waals surface area (Å²) < 4.78 is 0. The molecule has 0 spiro atoms. The zero-order valence-corrected chi connectivity index (χ0v) is 11.5. The maximum atomic E-state index is 11.6. The fourth-order valence-electron chi connectivity index (χ4n) is 1.80. The summed E-state index contributed by atoms with van der Waals surface area (Å²) >= 11 is 0. The molecule has 0 aliphatic heterocycles. The van der Waals surface area contributed by atoms with Crippen molar-refractivity contribution in [1.82, 2.24) is 10.6 Å². The molecule has 0 heterocycles. The van der Waals surface area contributed by atoms with Crippen LogP contribution in [0.25, 0.3) is 0 Å². The number of amides is 1. The second-order valence-corrected chi connectivity index (χ2v) is 5.07. The molecule has 0 saturated carbocycles. The highest BCUT2D eigenvalue weighted by atomic mass is 16.2. The predicted molar refractivity (Wildman–Crippen MR) is 69.5 cm³/mol. The lowest BCUT2D eigenvalue weighted by Gasteiger charge is -2.26. The van der Waals surface area contributed by atoms with Gasteiger partial charge in [0.05, 0.1) is 6.54 Å². The Hall–Kier alpha value is -0.570. The lowest BCUT2D eigenvalue weighted by molar-refractivity contribution is -0.121. The zero-order valence-electron chi connectivity index (χ0n) is 11.5. The average molecular weight is 228 g/mol. The molecule has 96 valence electrons. The Kier molecular flexibility index (Phi) is 7.39. The van der Waals surface area contributed by atoms with Crippen LogP contribution in [-0.2, 0) is 4.79 Å². The average Bonchev–Trinajstić information content (AvgIpc) is 2.23. The molecule has 2 N–H and O–H groups in total. The van der Waals surface area contributed by atoms with Crippen LogP contribution in [0.2, 0.25) is 0 Å². The predicted octanol–water partition coefficient (Wildman–Crippen LogP) is 2.46. The molecule has 1 amide bonds. The van der Waals surface area contributed by atoms with E-state index in [1.165, 1.54) is 0 Å². The van der Waals surface area contributed by atoms with Gasteiger partial charge < -0.3 is 10.6 Å². The Morgan fingerprint density at radius 3 is 2.19 bits per heavy atom. The third kappa shape index (κ3) is 6.83. The Labute approximate surface area is 100 Å². The van der Waals surface area contributed by atoms with Crippen molar-refractivity contribution in [3.05, 3.63) is 0 Å². The van der Waals surface area contributed by atoms with E-state index in [4.69, 9.17) is 0 Å². The van der Waals surface area contributed by atoms with Gasteiger partial charge in [-0.2, -0.15) is 0 Å². The van der Waals surface area contributed by atoms with Crippen molar-refractivity contribution >= 4 is 5.91 Å². The van der Waals surface area contributed by atoms with Gasteiger partial charge in [0.1, 0.15) is 0 Å². The molecule has 0 unspecified atom stereocenters. The van der Waals surface area contributed by atoms with Crippen molar-refractivity contribution in [3.8, 4) is 0 Å². The van der Waals surface area contributed by atoms with E-state index in [0.717, 1.165) is 25.7 Å². The molecule has 0 aromatic heterocycles. The quantitative estimate of drug-likeness (QED) is 0.670. The van der Waals surface area contributed by atoms with Crippen molar-refractivity contribution in [2.45, 2.75) is 71.9 Å². The van der Waals surface area contributed by atoms with Crippen molar-refractivity contribution in [2.24, 2.45) is 0 Å². The van der Waals surface area contributed by atoms with Crippen LogP contribution < -0.4 is 10.6 Å². The van der Waals surface area contributed by atoms with E-state index in [0.29, 0.717) is 12.6 Å². The summed E-state index contributed by atoms with van der Waals surface area (Å²) in [4.78, 5) is 11.6. The largest absolute Gasteiger partial charge is 0.352 e. The maximum absolute atomic E-state index is 11.6. The molecule has 16 heavy (non-hydrogen) atoms. The van der Waals surface area contributed by atoms with Gasteiger partial charge in [-0.3, -0.25) is 4.79 Å². The van der Waals surface area contributed by atoms with E-state index in [1.54, 1.807) is 0 Å². The topological polar surface area (TPSA) is 41.1 Å². The summed E-state index contributed by atoms with van der Waals surface area (Å²) in [6.07, 6.45) is 4.22. The van der Waals surface area contributed by atoms with Gasteiger partial charge in [0.2, 0.25) is 5.91 Å². The summed E-state index contributed by atoms with van der Waals surface area (Å²) in [7, 11) is 0. The van der Waals surface area contributed by atoms with Gasteiger partial charge in [0.15, 0.2) is 0 Å². The van der Waals surface area contributed by atoms with Gasteiger partial charge in [-0.05, 0) is 33.1 Å². The van der Waals surface area contributed by atoms with Crippen LogP contribution in [0.1, 0.15) is 60.3 Å². The van der Waals surface area contributed by atoms with Crippen molar-refractivity contribution in [2.75, 3.05) is 6.54 Å². The standard InChI is InChI=1S/C13H28N2O/c1-6-9-13(4,5)14-10-12(16)15-11(7-2)8-3/h11,14H,6-10H2,1-5H3,(H,15,16). The molecule has 3 heteroatoms. The fourth-order valence-corrected chi connectivity index (χ4v) is 1.80. The summed E-state index contributed by atoms with van der Waals surface area (Å²) in [5, 5.41) is 6.33. The number of rotatable bonds is 8. The SMILES string of the molecule is CCCC(C)(C)NCC(=O)NC(CC)CC. The van der Waals surface area contributed by atoms with Gasteiger partial charge in [0, 0.05) is 11.6 Å². The minimum absolute atomic E-state index is 0.0556. The Balaban J connectivity index is 3.88. The Morgan fingerprint density at radius 2 is 1.75 bits per heavy atom. The molecule has 0 atom stereocenters. The second kappa shape index (κ2) is 7.66. The smallest absolute Gasteiger partial charge is 0.234 e. The highest BCUT2D eigenvalue weighted by Gasteiger charge is 2.17. The van der Waals surface area contributed by atoms with Crippen LogP contribution in [0.5, 0.6) is 0 Å². The number of nitrogens with one attached hydrogen (secondary N) is 2. The molecule has 0 saturated heterocycles.